The van der Waals surface area contributed by atoms with Crippen molar-refractivity contribution in [1.29, 1.82) is 0 Å². The highest BCUT2D eigenvalue weighted by Gasteiger charge is 2.27. The lowest BCUT2D eigenvalue weighted by atomic mass is 10.0. The minimum atomic E-state index is -3.39. The lowest BCUT2D eigenvalue weighted by molar-refractivity contribution is -0.120. The van der Waals surface area contributed by atoms with Gasteiger partial charge in [-0.2, -0.15) is 0 Å². The summed E-state index contributed by atoms with van der Waals surface area (Å²) in [4.78, 5) is 14.3. The summed E-state index contributed by atoms with van der Waals surface area (Å²) in [5, 5.41) is 1.75. The van der Waals surface area contributed by atoms with Crippen LogP contribution < -0.4 is 5.32 Å². The molecule has 0 radical (unpaired) electrons. The zero-order valence-corrected chi connectivity index (χ0v) is 14.4. The standard InChI is InChI=1S/C16H24N2O4S/c1-13(23(2,20)21)16(19)17-12-15(14-6-4-3-5-7-14)18-8-10-22-11-9-18/h3-7,13,15H,8-12H2,1-2H3,(H,17,19)/t13-,15+/m0/s1. The maximum absolute atomic E-state index is 12.1. The second-order valence-electron chi connectivity index (χ2n) is 5.79. The molecule has 0 bridgehead atoms. The van der Waals surface area contributed by atoms with Gasteiger partial charge in [0.2, 0.25) is 5.91 Å². The van der Waals surface area contributed by atoms with Gasteiger partial charge in [-0.3, -0.25) is 9.69 Å². The fraction of sp³-hybridized carbons (Fsp3) is 0.562. The van der Waals surface area contributed by atoms with Crippen LogP contribution in [0.15, 0.2) is 30.3 Å². The van der Waals surface area contributed by atoms with Crippen molar-refractivity contribution in [3.05, 3.63) is 35.9 Å². The van der Waals surface area contributed by atoms with E-state index in [0.29, 0.717) is 19.8 Å². The summed E-state index contributed by atoms with van der Waals surface area (Å²) in [5.74, 6) is -0.457. The van der Waals surface area contributed by atoms with Crippen LogP contribution in [-0.2, 0) is 19.4 Å². The minimum Gasteiger partial charge on any atom is -0.379 e. The summed E-state index contributed by atoms with van der Waals surface area (Å²) in [6.07, 6.45) is 1.08. The van der Waals surface area contributed by atoms with E-state index in [1.54, 1.807) is 0 Å². The highest BCUT2D eigenvalue weighted by Crippen LogP contribution is 2.21. The minimum absolute atomic E-state index is 0.0100. The zero-order valence-electron chi connectivity index (χ0n) is 13.6. The molecule has 6 nitrogen and oxygen atoms in total. The Morgan fingerprint density at radius 3 is 2.43 bits per heavy atom. The number of morpholine rings is 1. The quantitative estimate of drug-likeness (QED) is 0.821. The van der Waals surface area contributed by atoms with Crippen molar-refractivity contribution in [2.24, 2.45) is 0 Å². The van der Waals surface area contributed by atoms with Gasteiger partial charge in [0.1, 0.15) is 5.25 Å². The Labute approximate surface area is 137 Å². The summed E-state index contributed by atoms with van der Waals surface area (Å²) >= 11 is 0. The Hall–Kier alpha value is -1.44. The van der Waals surface area contributed by atoms with Gasteiger partial charge in [-0.1, -0.05) is 30.3 Å². The number of carbonyl (C=O) groups is 1. The Bertz CT molecular complexity index is 612. The van der Waals surface area contributed by atoms with Crippen molar-refractivity contribution in [1.82, 2.24) is 10.2 Å². The van der Waals surface area contributed by atoms with Crippen LogP contribution in [0, 0.1) is 0 Å². The van der Waals surface area contributed by atoms with Crippen molar-refractivity contribution in [2.45, 2.75) is 18.2 Å². The Morgan fingerprint density at radius 1 is 1.26 bits per heavy atom. The lowest BCUT2D eigenvalue weighted by Crippen LogP contribution is -2.46. The average molecular weight is 340 g/mol. The number of nitrogens with zero attached hydrogens (tertiary/aromatic N) is 1. The van der Waals surface area contributed by atoms with Gasteiger partial charge in [0.05, 0.1) is 19.3 Å². The molecule has 0 unspecified atom stereocenters. The molecule has 0 saturated carbocycles. The van der Waals surface area contributed by atoms with Gasteiger partial charge in [-0.05, 0) is 12.5 Å². The van der Waals surface area contributed by atoms with Crippen LogP contribution in [0.5, 0.6) is 0 Å². The first-order chi connectivity index (χ1) is 10.9. The highest BCUT2D eigenvalue weighted by molar-refractivity contribution is 7.92. The molecule has 1 aromatic rings. The summed E-state index contributed by atoms with van der Waals surface area (Å²) in [5.41, 5.74) is 1.10. The molecular weight excluding hydrogens is 316 g/mol. The fourth-order valence-corrected chi connectivity index (χ4v) is 3.03. The van der Waals surface area contributed by atoms with E-state index in [9.17, 15) is 13.2 Å². The summed E-state index contributed by atoms with van der Waals surface area (Å²) < 4.78 is 28.4. The number of carbonyl (C=O) groups excluding carboxylic acids is 1. The molecule has 2 rings (SSSR count). The summed E-state index contributed by atoms with van der Waals surface area (Å²) in [6.45, 7) is 4.70. The first kappa shape index (κ1) is 17.9. The van der Waals surface area contributed by atoms with Crippen LogP contribution in [0.25, 0.3) is 0 Å². The summed E-state index contributed by atoms with van der Waals surface area (Å²) in [7, 11) is -3.39. The third kappa shape index (κ3) is 5.02. The third-order valence-corrected chi connectivity index (χ3v) is 5.65. The van der Waals surface area contributed by atoms with Crippen molar-refractivity contribution in [3.8, 4) is 0 Å². The molecule has 1 amide bonds. The SMILES string of the molecule is C[C@@H](C(=O)NC[C@H](c1ccccc1)N1CCOCC1)S(C)(=O)=O. The first-order valence-corrected chi connectivity index (χ1v) is 9.68. The summed E-state index contributed by atoms with van der Waals surface area (Å²) in [6, 6.07) is 9.92. The van der Waals surface area contributed by atoms with Crippen LogP contribution in [0.1, 0.15) is 18.5 Å². The topological polar surface area (TPSA) is 75.7 Å². The number of benzene rings is 1. The number of hydrogen-bond acceptors (Lipinski definition) is 5. The van der Waals surface area contributed by atoms with Crippen LogP contribution in [0.3, 0.4) is 0 Å². The van der Waals surface area contributed by atoms with Gasteiger partial charge in [0, 0.05) is 25.9 Å². The molecular formula is C16H24N2O4S. The van der Waals surface area contributed by atoms with E-state index >= 15 is 0 Å². The predicted octanol–water partition coefficient (Wildman–Crippen LogP) is 0.609. The molecule has 1 N–H and O–H groups in total. The number of ether oxygens (including phenoxy) is 1. The number of nitrogens with one attached hydrogen (secondary N) is 1. The van der Waals surface area contributed by atoms with E-state index in [2.05, 4.69) is 10.2 Å². The number of amides is 1. The first-order valence-electron chi connectivity index (χ1n) is 7.73. The largest absolute Gasteiger partial charge is 0.379 e. The van der Waals surface area contributed by atoms with Gasteiger partial charge < -0.3 is 10.1 Å². The van der Waals surface area contributed by atoms with E-state index in [1.165, 1.54) is 6.92 Å². The number of hydrogen-bond donors (Lipinski definition) is 1. The van der Waals surface area contributed by atoms with E-state index in [1.807, 2.05) is 30.3 Å². The zero-order chi connectivity index (χ0) is 16.9. The van der Waals surface area contributed by atoms with Crippen LogP contribution in [0.2, 0.25) is 0 Å². The Kier molecular flexibility index (Phi) is 6.15. The van der Waals surface area contributed by atoms with Gasteiger partial charge in [0.25, 0.3) is 0 Å². The van der Waals surface area contributed by atoms with Crippen LogP contribution >= 0.6 is 0 Å². The highest BCUT2D eigenvalue weighted by atomic mass is 32.2. The van der Waals surface area contributed by atoms with Crippen molar-refractivity contribution in [2.75, 3.05) is 39.1 Å². The van der Waals surface area contributed by atoms with Crippen LogP contribution in [-0.4, -0.2) is 63.6 Å². The maximum Gasteiger partial charge on any atom is 0.238 e. The average Bonchev–Trinajstić information content (AvgIpc) is 2.55. The van der Waals surface area contributed by atoms with E-state index in [0.717, 1.165) is 24.9 Å². The molecule has 1 aliphatic heterocycles. The molecule has 1 aromatic carbocycles. The van der Waals surface area contributed by atoms with E-state index in [-0.39, 0.29) is 6.04 Å². The molecule has 1 aliphatic rings. The molecule has 128 valence electrons. The normalized spacial score (nSPS) is 19.0. The Balaban J connectivity index is 2.07. The molecule has 0 spiro atoms. The molecule has 0 aromatic heterocycles. The van der Waals surface area contributed by atoms with Crippen molar-refractivity contribution >= 4 is 15.7 Å². The van der Waals surface area contributed by atoms with E-state index in [4.69, 9.17) is 4.74 Å². The molecule has 1 fully saturated rings. The second-order valence-corrected chi connectivity index (χ2v) is 8.16. The van der Waals surface area contributed by atoms with Gasteiger partial charge in [-0.25, -0.2) is 8.42 Å². The van der Waals surface area contributed by atoms with Crippen molar-refractivity contribution < 1.29 is 17.9 Å². The second kappa shape index (κ2) is 7.90. The molecule has 0 aliphatic carbocycles. The van der Waals surface area contributed by atoms with Crippen molar-refractivity contribution in [3.63, 3.8) is 0 Å². The maximum atomic E-state index is 12.1. The molecule has 7 heteroatoms. The number of sulfone groups is 1. The molecule has 2 atom stereocenters. The van der Waals surface area contributed by atoms with Gasteiger partial charge in [-0.15, -0.1) is 0 Å². The molecule has 1 saturated heterocycles. The third-order valence-electron chi connectivity index (χ3n) is 4.15. The fourth-order valence-electron chi connectivity index (χ4n) is 2.56. The number of rotatable bonds is 6. The molecule has 23 heavy (non-hydrogen) atoms. The van der Waals surface area contributed by atoms with E-state index < -0.39 is 21.0 Å². The van der Waals surface area contributed by atoms with Gasteiger partial charge >= 0.3 is 0 Å². The lowest BCUT2D eigenvalue weighted by Gasteiger charge is -2.35. The van der Waals surface area contributed by atoms with Crippen LogP contribution in [0.4, 0.5) is 0 Å². The smallest absolute Gasteiger partial charge is 0.238 e. The monoisotopic (exact) mass is 340 g/mol. The predicted molar refractivity (Wildman–Crippen MR) is 88.9 cm³/mol. The molecule has 1 heterocycles. The van der Waals surface area contributed by atoms with Gasteiger partial charge in [0.15, 0.2) is 9.84 Å². The Morgan fingerprint density at radius 2 is 1.87 bits per heavy atom.